The molecular formula is C34H36BrF6NO2. The summed E-state index contributed by atoms with van der Waals surface area (Å²) < 4.78 is 95.7. The van der Waals surface area contributed by atoms with Crippen molar-refractivity contribution in [1.82, 2.24) is 0 Å². The molecule has 0 N–H and O–H groups in total. The quantitative estimate of drug-likeness (QED) is 0.238. The zero-order valence-corrected chi connectivity index (χ0v) is 26.4. The van der Waals surface area contributed by atoms with Crippen LogP contribution in [0.5, 0.6) is 5.75 Å². The summed E-state index contributed by atoms with van der Waals surface area (Å²) in [6.07, 6.45) is -7.97. The topological polar surface area (TPSA) is 18.5 Å². The number of nitrogens with zero attached hydrogens (tertiary/aromatic N) is 1. The second kappa shape index (κ2) is 11.4. The van der Waals surface area contributed by atoms with Gasteiger partial charge in [0.1, 0.15) is 24.4 Å². The third-order valence-corrected chi connectivity index (χ3v) is 10.7. The highest BCUT2D eigenvalue weighted by molar-refractivity contribution is 5.35. The van der Waals surface area contributed by atoms with E-state index in [-0.39, 0.29) is 58.4 Å². The minimum absolute atomic E-state index is 0. The van der Waals surface area contributed by atoms with Crippen LogP contribution in [0.15, 0.2) is 72.8 Å². The summed E-state index contributed by atoms with van der Waals surface area (Å²) in [5.41, 5.74) is -1.68. The number of quaternary nitrogens is 1. The van der Waals surface area contributed by atoms with Gasteiger partial charge in [0.2, 0.25) is 0 Å². The van der Waals surface area contributed by atoms with Crippen LogP contribution in [0.1, 0.15) is 54.5 Å². The van der Waals surface area contributed by atoms with Gasteiger partial charge in [0.05, 0.1) is 37.3 Å². The van der Waals surface area contributed by atoms with E-state index in [1.54, 1.807) is 7.11 Å². The molecule has 2 heterocycles. The van der Waals surface area contributed by atoms with E-state index in [2.05, 4.69) is 13.8 Å². The zero-order chi connectivity index (χ0) is 30.8. The number of halogens is 7. The third-order valence-electron chi connectivity index (χ3n) is 10.7. The molecule has 3 aromatic rings. The van der Waals surface area contributed by atoms with E-state index in [9.17, 15) is 26.3 Å². The molecule has 3 aliphatic rings. The van der Waals surface area contributed by atoms with Crippen LogP contribution in [0.4, 0.5) is 26.3 Å². The second-order valence-corrected chi connectivity index (χ2v) is 12.9. The lowest BCUT2D eigenvalue weighted by atomic mass is 9.73. The predicted octanol–water partition coefficient (Wildman–Crippen LogP) is 5.61. The molecule has 0 spiro atoms. The van der Waals surface area contributed by atoms with E-state index in [0.717, 1.165) is 41.9 Å². The first-order valence-corrected chi connectivity index (χ1v) is 14.7. The van der Waals surface area contributed by atoms with Gasteiger partial charge in [-0.2, -0.15) is 26.3 Å². The fourth-order valence-corrected chi connectivity index (χ4v) is 9.03. The van der Waals surface area contributed by atoms with E-state index < -0.39 is 29.1 Å². The van der Waals surface area contributed by atoms with Gasteiger partial charge in [-0.05, 0) is 61.2 Å². The van der Waals surface area contributed by atoms with Crippen molar-refractivity contribution in [3.63, 3.8) is 0 Å². The molecule has 6 atom stereocenters. The van der Waals surface area contributed by atoms with Gasteiger partial charge in [-0.1, -0.05) is 49.4 Å². The highest BCUT2D eigenvalue weighted by atomic mass is 79.9. The molecule has 0 radical (unpaired) electrons. The van der Waals surface area contributed by atoms with Crippen molar-refractivity contribution in [3.8, 4) is 5.75 Å². The minimum atomic E-state index is -4.89. The lowest BCUT2D eigenvalue weighted by molar-refractivity contribution is -0.968. The lowest BCUT2D eigenvalue weighted by Crippen LogP contribution is -3.00. The molecule has 0 unspecified atom stereocenters. The fourth-order valence-electron chi connectivity index (χ4n) is 9.03. The predicted molar refractivity (Wildman–Crippen MR) is 150 cm³/mol. The SMILES string of the molecule is COc1ccc(CO[C@]2(c3ccccc3)C[N@+]3(Cc4cc(C(F)(F)F)cc(C(F)(F)F)c4)C[C@@H](C)[C@@H]4CC[C@H]2[C@@]43C)cc1.[Br-]. The number of hydrogen-bond donors (Lipinski definition) is 0. The zero-order valence-electron chi connectivity index (χ0n) is 24.8. The Kier molecular flexibility index (Phi) is 8.47. The van der Waals surface area contributed by atoms with Gasteiger partial charge in [0.15, 0.2) is 5.60 Å². The number of hydrogen-bond acceptors (Lipinski definition) is 2. The van der Waals surface area contributed by atoms with Gasteiger partial charge in [0.25, 0.3) is 0 Å². The smallest absolute Gasteiger partial charge is 0.416 e. The standard InChI is InChI=1S/C34H36F6NO2.BrH/c1-22-18-41(19-24-15-26(33(35,36)37)17-27(16-24)34(38,39)40)21-32(25-7-5-4-6-8-25,30-14-13-29(22)31(30,41)2)43-20-23-9-11-28(42-3)12-10-23;/h4-12,15-17,22,29-30H,13-14,18-21H2,1-3H3;1H/q+1;/p-1/t22-,29+,30+,31-,32+,41-;/m1./s1. The molecule has 2 aliphatic heterocycles. The molecule has 238 valence electrons. The maximum atomic E-state index is 13.8. The first kappa shape index (κ1) is 32.8. The molecule has 44 heavy (non-hydrogen) atoms. The summed E-state index contributed by atoms with van der Waals surface area (Å²) in [7, 11) is 1.60. The van der Waals surface area contributed by atoms with Gasteiger partial charge in [-0.3, -0.25) is 0 Å². The largest absolute Gasteiger partial charge is 1.00 e. The lowest BCUT2D eigenvalue weighted by Gasteiger charge is -2.43. The summed E-state index contributed by atoms with van der Waals surface area (Å²) in [5.74, 6) is 1.31. The van der Waals surface area contributed by atoms with Crippen LogP contribution in [0.25, 0.3) is 0 Å². The average molecular weight is 685 g/mol. The Balaban J connectivity index is 0.00000384. The molecule has 0 amide bonds. The van der Waals surface area contributed by atoms with E-state index in [1.165, 1.54) is 0 Å². The summed E-state index contributed by atoms with van der Waals surface area (Å²) in [5, 5.41) is 0. The molecule has 0 aromatic heterocycles. The maximum absolute atomic E-state index is 13.8. The molecule has 1 saturated carbocycles. The molecule has 6 rings (SSSR count). The Morgan fingerprint density at radius 1 is 0.841 bits per heavy atom. The Bertz CT molecular complexity index is 1450. The molecule has 3 nitrogen and oxygen atoms in total. The Hall–Kier alpha value is -2.56. The maximum Gasteiger partial charge on any atom is 0.416 e. The molecule has 0 bridgehead atoms. The number of rotatable bonds is 7. The Morgan fingerprint density at radius 2 is 1.45 bits per heavy atom. The minimum Gasteiger partial charge on any atom is -1.00 e. The fraction of sp³-hybridized carbons (Fsp3) is 0.471. The van der Waals surface area contributed by atoms with Crippen LogP contribution in [0, 0.1) is 17.8 Å². The Morgan fingerprint density at radius 3 is 2.02 bits per heavy atom. The molecular weight excluding hydrogens is 648 g/mol. The normalized spacial score (nSPS) is 31.1. The summed E-state index contributed by atoms with van der Waals surface area (Å²) in [6, 6.07) is 19.6. The van der Waals surface area contributed by atoms with Gasteiger partial charge in [-0.25, -0.2) is 0 Å². The summed E-state index contributed by atoms with van der Waals surface area (Å²) in [4.78, 5) is 0. The van der Waals surface area contributed by atoms with Crippen molar-refractivity contribution in [1.29, 1.82) is 0 Å². The van der Waals surface area contributed by atoms with Crippen molar-refractivity contribution < 1.29 is 57.3 Å². The molecule has 3 fully saturated rings. The van der Waals surface area contributed by atoms with E-state index in [1.807, 2.05) is 54.6 Å². The van der Waals surface area contributed by atoms with Crippen molar-refractivity contribution in [2.45, 2.75) is 63.3 Å². The summed E-state index contributed by atoms with van der Waals surface area (Å²) >= 11 is 0. The van der Waals surface area contributed by atoms with E-state index in [4.69, 9.17) is 9.47 Å². The second-order valence-electron chi connectivity index (χ2n) is 12.9. The number of benzene rings is 3. The third kappa shape index (κ3) is 5.24. The Labute approximate surface area is 264 Å². The van der Waals surface area contributed by atoms with Crippen molar-refractivity contribution in [3.05, 3.63) is 101 Å². The molecule has 2 saturated heterocycles. The molecule has 10 heteroatoms. The van der Waals surface area contributed by atoms with Crippen LogP contribution in [0.3, 0.4) is 0 Å². The highest BCUT2D eigenvalue weighted by Gasteiger charge is 2.78. The van der Waals surface area contributed by atoms with Crippen LogP contribution in [-0.2, 0) is 35.8 Å². The highest BCUT2D eigenvalue weighted by Crippen LogP contribution is 2.68. The van der Waals surface area contributed by atoms with Crippen LogP contribution in [-0.4, -0.2) is 30.2 Å². The molecule has 3 aromatic carbocycles. The molecule has 1 aliphatic carbocycles. The van der Waals surface area contributed by atoms with Crippen molar-refractivity contribution in [2.24, 2.45) is 17.8 Å². The summed E-state index contributed by atoms with van der Waals surface area (Å²) in [6.45, 7) is 5.89. The average Bonchev–Trinajstić information content (AvgIpc) is 3.51. The van der Waals surface area contributed by atoms with Gasteiger partial charge in [-0.15, -0.1) is 0 Å². The van der Waals surface area contributed by atoms with Crippen LogP contribution in [0.2, 0.25) is 0 Å². The van der Waals surface area contributed by atoms with Crippen molar-refractivity contribution in [2.75, 3.05) is 20.2 Å². The van der Waals surface area contributed by atoms with Gasteiger partial charge in [0, 0.05) is 17.4 Å². The monoisotopic (exact) mass is 683 g/mol. The van der Waals surface area contributed by atoms with Gasteiger partial charge >= 0.3 is 12.4 Å². The van der Waals surface area contributed by atoms with E-state index >= 15 is 0 Å². The van der Waals surface area contributed by atoms with Crippen LogP contribution >= 0.6 is 0 Å². The van der Waals surface area contributed by atoms with Crippen LogP contribution < -0.4 is 21.7 Å². The first-order valence-electron chi connectivity index (χ1n) is 14.7. The number of methoxy groups -OCH3 is 1. The number of alkyl halides is 6. The first-order chi connectivity index (χ1) is 20.2. The van der Waals surface area contributed by atoms with Gasteiger partial charge < -0.3 is 30.9 Å². The van der Waals surface area contributed by atoms with E-state index in [0.29, 0.717) is 24.2 Å². The number of ether oxygens (including phenoxy) is 2. The van der Waals surface area contributed by atoms with Crippen molar-refractivity contribution >= 4 is 0 Å².